The maximum Gasteiger partial charge on any atom is 0.449 e. The van der Waals surface area contributed by atoms with Gasteiger partial charge in [0.15, 0.2) is 11.2 Å². The zero-order chi connectivity index (χ0) is 36.6. The van der Waals surface area contributed by atoms with Gasteiger partial charge in [0, 0.05) is 75.8 Å². The average Bonchev–Trinajstić information content (AvgIpc) is 3.45. The number of nitrogens with zero attached hydrogens (tertiary/aromatic N) is 2. The first kappa shape index (κ1) is 36.0. The minimum absolute atomic E-state index is 0.0164. The molecule has 11 rings (SSSR count). The third kappa shape index (κ3) is 5.35. The first-order chi connectivity index (χ1) is 24.5. The molecule has 11 aliphatic rings. The number of alkyl halides is 6. The Kier molecular flexibility index (Phi) is 8.26. The van der Waals surface area contributed by atoms with Crippen molar-refractivity contribution >= 4 is 0 Å². The SMILES string of the molecule is C[C@@H]1CC[C@H]2C(CN3CCN(CC4=C(C(F)(F)F)O[C@@H]5O[C@@]6(C)CC[C@H]7[C@H](C)CC[C@@H]4[C@@]57OO6)CC3)=C(C(F)(F)F)O[C@@H]3O[C@@]4(C)CC[C@@H]1[C@]32OO4. The molecule has 0 aromatic carbocycles. The van der Waals surface area contributed by atoms with E-state index in [-0.39, 0.29) is 47.9 Å². The molecule has 2 aliphatic carbocycles. The molecular weight excluding hydrogens is 702 g/mol. The van der Waals surface area contributed by atoms with Crippen LogP contribution in [0.5, 0.6) is 0 Å². The van der Waals surface area contributed by atoms with Crippen molar-refractivity contribution in [1.29, 1.82) is 0 Å². The lowest BCUT2D eigenvalue weighted by atomic mass is 9.59. The molecule has 2 saturated carbocycles. The molecule has 0 radical (unpaired) electrons. The fraction of sp³-hybridized carbons (Fsp3) is 0.889. The Morgan fingerprint density at radius 3 is 1.33 bits per heavy atom. The molecule has 4 bridgehead atoms. The van der Waals surface area contributed by atoms with Crippen molar-refractivity contribution in [3.63, 3.8) is 0 Å². The smallest absolute Gasteiger partial charge is 0.449 e. The number of ether oxygens (including phenoxy) is 4. The maximum absolute atomic E-state index is 14.8. The molecule has 10 nitrogen and oxygen atoms in total. The van der Waals surface area contributed by atoms with E-state index in [4.69, 9.17) is 38.5 Å². The Morgan fingerprint density at radius 1 is 0.577 bits per heavy atom. The van der Waals surface area contributed by atoms with Gasteiger partial charge in [-0.2, -0.15) is 26.3 Å². The van der Waals surface area contributed by atoms with Crippen molar-refractivity contribution in [2.75, 3.05) is 39.3 Å². The molecule has 16 heteroatoms. The highest BCUT2D eigenvalue weighted by atomic mass is 19.4. The van der Waals surface area contributed by atoms with Crippen LogP contribution in [0.2, 0.25) is 0 Å². The summed E-state index contributed by atoms with van der Waals surface area (Å²) in [7, 11) is 0. The van der Waals surface area contributed by atoms with Gasteiger partial charge < -0.3 is 18.9 Å². The molecule has 0 unspecified atom stereocenters. The van der Waals surface area contributed by atoms with Crippen LogP contribution in [0.15, 0.2) is 22.7 Å². The van der Waals surface area contributed by atoms with Crippen LogP contribution >= 0.6 is 0 Å². The number of allylic oxidation sites excluding steroid dienone is 2. The monoisotopic (exact) mass is 750 g/mol. The molecule has 9 heterocycles. The highest BCUT2D eigenvalue weighted by Crippen LogP contribution is 2.63. The summed E-state index contributed by atoms with van der Waals surface area (Å²) in [6.07, 6.45) is -7.36. The van der Waals surface area contributed by atoms with Crippen molar-refractivity contribution < 1.29 is 64.8 Å². The lowest BCUT2D eigenvalue weighted by Crippen LogP contribution is -2.68. The lowest BCUT2D eigenvalue weighted by molar-refractivity contribution is -0.557. The molecule has 0 aromatic rings. The van der Waals surface area contributed by atoms with Gasteiger partial charge in [0.25, 0.3) is 0 Å². The van der Waals surface area contributed by atoms with Gasteiger partial charge in [0.05, 0.1) is 0 Å². The van der Waals surface area contributed by atoms with E-state index in [0.29, 0.717) is 64.7 Å². The molecule has 0 N–H and O–H groups in total. The third-order valence-electron chi connectivity index (χ3n) is 14.1. The number of halogens is 6. The fourth-order valence-corrected chi connectivity index (χ4v) is 11.4. The van der Waals surface area contributed by atoms with Gasteiger partial charge >= 0.3 is 12.4 Å². The van der Waals surface area contributed by atoms with Crippen LogP contribution in [0.1, 0.15) is 79.1 Å². The van der Waals surface area contributed by atoms with Crippen molar-refractivity contribution in [2.45, 2.75) is 127 Å². The largest absolute Gasteiger partial charge is 0.456 e. The topological polar surface area (TPSA) is 80.3 Å². The quantitative estimate of drug-likeness (QED) is 0.228. The van der Waals surface area contributed by atoms with Gasteiger partial charge in [0.1, 0.15) is 0 Å². The van der Waals surface area contributed by atoms with Gasteiger partial charge in [-0.25, -0.2) is 19.6 Å². The zero-order valence-corrected chi connectivity index (χ0v) is 29.9. The minimum Gasteiger partial charge on any atom is -0.456 e. The van der Waals surface area contributed by atoms with Gasteiger partial charge in [-0.3, -0.25) is 9.80 Å². The van der Waals surface area contributed by atoms with Crippen molar-refractivity contribution in [2.24, 2.45) is 35.5 Å². The molecule has 2 spiro atoms. The van der Waals surface area contributed by atoms with Gasteiger partial charge in [-0.05, 0) is 75.4 Å². The Bertz CT molecular complexity index is 1410. The van der Waals surface area contributed by atoms with Crippen LogP contribution in [0.4, 0.5) is 26.3 Å². The number of hydrogen-bond donors (Lipinski definition) is 0. The van der Waals surface area contributed by atoms with E-state index in [0.717, 1.165) is 12.8 Å². The number of rotatable bonds is 4. The molecule has 0 aromatic heterocycles. The second kappa shape index (κ2) is 11.9. The van der Waals surface area contributed by atoms with Crippen LogP contribution < -0.4 is 0 Å². The zero-order valence-electron chi connectivity index (χ0n) is 29.9. The average molecular weight is 751 g/mol. The van der Waals surface area contributed by atoms with Crippen LogP contribution in [0, 0.1) is 35.5 Å². The van der Waals surface area contributed by atoms with E-state index >= 15 is 0 Å². The first-order valence-electron chi connectivity index (χ1n) is 18.9. The van der Waals surface area contributed by atoms with Crippen molar-refractivity contribution in [3.8, 4) is 0 Å². The van der Waals surface area contributed by atoms with Crippen molar-refractivity contribution in [3.05, 3.63) is 22.7 Å². The molecular formula is C36H48F6N2O8. The van der Waals surface area contributed by atoms with Crippen molar-refractivity contribution in [1.82, 2.24) is 9.80 Å². The summed E-state index contributed by atoms with van der Waals surface area (Å²) in [5.41, 5.74) is -2.18. The summed E-state index contributed by atoms with van der Waals surface area (Å²) in [6, 6.07) is 0. The normalized spacial score (nSPS) is 48.0. The number of piperazine rings is 1. The van der Waals surface area contributed by atoms with Gasteiger partial charge in [0.2, 0.25) is 35.7 Å². The second-order valence-electron chi connectivity index (χ2n) is 17.2. The van der Waals surface area contributed by atoms with E-state index in [2.05, 4.69) is 13.8 Å². The number of fused-ring (bicyclic) bond motifs is 4. The Balaban J connectivity index is 0.970. The minimum atomic E-state index is -4.76. The van der Waals surface area contributed by atoms with Crippen LogP contribution in [-0.2, 0) is 38.5 Å². The molecule has 9 fully saturated rings. The van der Waals surface area contributed by atoms with Gasteiger partial charge in [-0.15, -0.1) is 0 Å². The first-order valence-corrected chi connectivity index (χ1v) is 18.9. The van der Waals surface area contributed by atoms with E-state index < -0.39 is 71.1 Å². The summed E-state index contributed by atoms with van der Waals surface area (Å²) in [5, 5.41) is 0. The summed E-state index contributed by atoms with van der Waals surface area (Å²) in [5.74, 6) is -5.66. The van der Waals surface area contributed by atoms with E-state index in [9.17, 15) is 26.3 Å². The summed E-state index contributed by atoms with van der Waals surface area (Å²) < 4.78 is 112. The third-order valence-corrected chi connectivity index (χ3v) is 14.1. The summed E-state index contributed by atoms with van der Waals surface area (Å²) in [6.45, 7) is 8.87. The molecule has 9 aliphatic heterocycles. The molecule has 0 amide bonds. The van der Waals surface area contributed by atoms with Crippen LogP contribution in [0.3, 0.4) is 0 Å². The highest BCUT2D eigenvalue weighted by Gasteiger charge is 2.72. The van der Waals surface area contributed by atoms with Crippen LogP contribution in [-0.4, -0.2) is 96.8 Å². The Morgan fingerprint density at radius 2 is 0.962 bits per heavy atom. The van der Waals surface area contributed by atoms with E-state index in [1.165, 1.54) is 0 Å². The molecule has 292 valence electrons. The standard InChI is InChI=1S/C36H48F6N2O8/c1-19-5-7-25-21(27(35(37,38)39)45-29-33(25)23(19)9-11-31(3,47-29)49-51-33)17-43-13-15-44(16-14-43)18-22-26-8-6-20(2)24-10-12-32(4)48-30(34(24,26)52-50-32)46-28(22)36(40,41)42/h19-20,23-26,29-30H,5-18H2,1-4H3/t19-,20-,23+,24+,25+,26+,29-,30-,31-,32-,33-,34-/m1/s1. The lowest BCUT2D eigenvalue weighted by Gasteiger charge is -2.58. The fourth-order valence-electron chi connectivity index (χ4n) is 11.4. The molecule has 7 saturated heterocycles. The second-order valence-corrected chi connectivity index (χ2v) is 17.2. The summed E-state index contributed by atoms with van der Waals surface area (Å²) in [4.78, 5) is 27.7. The Hall–Kier alpha value is -1.66. The number of hydrogen-bond acceptors (Lipinski definition) is 10. The van der Waals surface area contributed by atoms with E-state index in [1.54, 1.807) is 13.8 Å². The summed E-state index contributed by atoms with van der Waals surface area (Å²) >= 11 is 0. The predicted octanol–water partition coefficient (Wildman–Crippen LogP) is 6.73. The van der Waals surface area contributed by atoms with E-state index in [1.807, 2.05) is 9.80 Å². The Labute approximate surface area is 298 Å². The predicted molar refractivity (Wildman–Crippen MR) is 167 cm³/mol. The maximum atomic E-state index is 14.8. The van der Waals surface area contributed by atoms with Crippen LogP contribution in [0.25, 0.3) is 0 Å². The molecule has 12 atom stereocenters. The molecule has 52 heavy (non-hydrogen) atoms. The highest BCUT2D eigenvalue weighted by molar-refractivity contribution is 5.31. The van der Waals surface area contributed by atoms with Gasteiger partial charge in [-0.1, -0.05) is 13.8 Å².